The van der Waals surface area contributed by atoms with Crippen LogP contribution in [0.25, 0.3) is 0 Å². The summed E-state index contributed by atoms with van der Waals surface area (Å²) in [6.45, 7) is 6.92. The van der Waals surface area contributed by atoms with Crippen LogP contribution in [0.15, 0.2) is 48.5 Å². The lowest BCUT2D eigenvalue weighted by atomic mass is 9.92. The van der Waals surface area contributed by atoms with Gasteiger partial charge in [0.2, 0.25) is 0 Å². The van der Waals surface area contributed by atoms with Crippen LogP contribution < -0.4 is 4.74 Å². The van der Waals surface area contributed by atoms with Crippen molar-refractivity contribution >= 4 is 6.09 Å². The van der Waals surface area contributed by atoms with Crippen LogP contribution in [-0.2, 0) is 4.74 Å². The first-order valence-electron chi connectivity index (χ1n) is 8.60. The number of ether oxygens (including phenoxy) is 2. The molecule has 134 valence electrons. The van der Waals surface area contributed by atoms with Gasteiger partial charge in [-0.05, 0) is 50.6 Å². The molecule has 0 aliphatic carbocycles. The van der Waals surface area contributed by atoms with Gasteiger partial charge in [-0.2, -0.15) is 5.26 Å². The number of nitrogens with zero attached hydrogens (tertiary/aromatic N) is 2. The molecule has 2 aromatic rings. The third kappa shape index (κ3) is 4.15. The molecule has 5 nitrogen and oxygen atoms in total. The second-order valence-corrected chi connectivity index (χ2v) is 7.36. The Balaban J connectivity index is 1.58. The highest BCUT2D eigenvalue weighted by Gasteiger charge is 2.34. The fourth-order valence-electron chi connectivity index (χ4n) is 2.75. The van der Waals surface area contributed by atoms with Crippen molar-refractivity contribution in [1.82, 2.24) is 4.90 Å². The van der Waals surface area contributed by atoms with Gasteiger partial charge in [0.1, 0.15) is 23.2 Å². The Labute approximate surface area is 153 Å². The number of amides is 1. The van der Waals surface area contributed by atoms with Gasteiger partial charge < -0.3 is 14.4 Å². The van der Waals surface area contributed by atoms with Gasteiger partial charge in [0, 0.05) is 19.0 Å². The van der Waals surface area contributed by atoms with Crippen molar-refractivity contribution in [2.45, 2.75) is 32.3 Å². The van der Waals surface area contributed by atoms with Crippen molar-refractivity contribution in [2.75, 3.05) is 13.1 Å². The minimum atomic E-state index is -0.471. The zero-order chi connectivity index (χ0) is 18.7. The second kappa shape index (κ2) is 7.09. The first-order chi connectivity index (χ1) is 12.4. The second-order valence-electron chi connectivity index (χ2n) is 7.36. The molecule has 1 fully saturated rings. The number of hydrogen-bond acceptors (Lipinski definition) is 4. The molecule has 2 aromatic carbocycles. The number of benzene rings is 2. The minimum absolute atomic E-state index is 0.262. The van der Waals surface area contributed by atoms with Crippen molar-refractivity contribution < 1.29 is 14.3 Å². The molecular formula is C21H22N2O3. The zero-order valence-corrected chi connectivity index (χ0v) is 15.2. The quantitative estimate of drug-likeness (QED) is 0.806. The van der Waals surface area contributed by atoms with E-state index >= 15 is 0 Å². The third-order valence-corrected chi connectivity index (χ3v) is 4.12. The summed E-state index contributed by atoms with van der Waals surface area (Å²) in [6.07, 6.45) is -0.262. The van der Waals surface area contributed by atoms with Crippen molar-refractivity contribution in [2.24, 2.45) is 0 Å². The molecule has 0 N–H and O–H groups in total. The Morgan fingerprint density at radius 1 is 1.12 bits per heavy atom. The Morgan fingerprint density at radius 2 is 1.77 bits per heavy atom. The van der Waals surface area contributed by atoms with Gasteiger partial charge in [-0.25, -0.2) is 4.79 Å². The maximum absolute atomic E-state index is 12.0. The predicted octanol–water partition coefficient (Wildman–Crippen LogP) is 4.68. The molecular weight excluding hydrogens is 328 g/mol. The maximum Gasteiger partial charge on any atom is 0.410 e. The molecule has 0 bridgehead atoms. The summed E-state index contributed by atoms with van der Waals surface area (Å²) in [5.74, 6) is 1.53. The van der Waals surface area contributed by atoms with Crippen molar-refractivity contribution in [1.29, 1.82) is 5.26 Å². The van der Waals surface area contributed by atoms with Gasteiger partial charge in [-0.15, -0.1) is 0 Å². The van der Waals surface area contributed by atoms with Gasteiger partial charge in [0.15, 0.2) is 0 Å². The van der Waals surface area contributed by atoms with Crippen LogP contribution in [0.4, 0.5) is 4.79 Å². The Kier molecular flexibility index (Phi) is 4.85. The molecule has 5 heteroatoms. The van der Waals surface area contributed by atoms with Crippen LogP contribution >= 0.6 is 0 Å². The molecule has 0 saturated carbocycles. The lowest BCUT2D eigenvalue weighted by Crippen LogP contribution is -2.50. The molecule has 0 radical (unpaired) electrons. The van der Waals surface area contributed by atoms with E-state index in [0.29, 0.717) is 36.1 Å². The SMILES string of the molecule is CC(C)(C)OC(=O)N1CC(c2ccc(Oc3ccccc3C#N)cc2)C1. The number of para-hydroxylation sites is 1. The maximum atomic E-state index is 12.0. The number of nitriles is 1. The average molecular weight is 350 g/mol. The number of carbonyl (C=O) groups is 1. The largest absolute Gasteiger partial charge is 0.456 e. The highest BCUT2D eigenvalue weighted by molar-refractivity contribution is 5.69. The molecule has 0 aromatic heterocycles. The summed E-state index contributed by atoms with van der Waals surface area (Å²) in [4.78, 5) is 13.7. The fraction of sp³-hybridized carbons (Fsp3) is 0.333. The Morgan fingerprint density at radius 3 is 2.38 bits per heavy atom. The number of likely N-dealkylation sites (tertiary alicyclic amines) is 1. The normalized spacial score (nSPS) is 14.3. The van der Waals surface area contributed by atoms with Crippen LogP contribution in [0, 0.1) is 11.3 Å². The van der Waals surface area contributed by atoms with E-state index in [9.17, 15) is 4.79 Å². The predicted molar refractivity (Wildman–Crippen MR) is 98.2 cm³/mol. The highest BCUT2D eigenvalue weighted by atomic mass is 16.6. The highest BCUT2D eigenvalue weighted by Crippen LogP contribution is 2.31. The molecule has 0 unspecified atom stereocenters. The van der Waals surface area contributed by atoms with Crippen molar-refractivity contribution in [3.05, 3.63) is 59.7 Å². The van der Waals surface area contributed by atoms with Crippen molar-refractivity contribution in [3.8, 4) is 17.6 Å². The summed E-state index contributed by atoms with van der Waals surface area (Å²) in [5, 5.41) is 9.12. The monoisotopic (exact) mass is 350 g/mol. The van der Waals surface area contributed by atoms with Crippen LogP contribution in [0.3, 0.4) is 0 Å². The average Bonchev–Trinajstić information content (AvgIpc) is 2.54. The lowest BCUT2D eigenvalue weighted by molar-refractivity contribution is 0.00819. The fourth-order valence-corrected chi connectivity index (χ4v) is 2.75. The lowest BCUT2D eigenvalue weighted by Gasteiger charge is -2.40. The third-order valence-electron chi connectivity index (χ3n) is 4.12. The van der Waals surface area contributed by atoms with E-state index in [-0.39, 0.29) is 6.09 Å². The standard InChI is InChI=1S/C21H22N2O3/c1-21(2,3)26-20(24)23-13-17(14-23)15-8-10-18(11-9-15)25-19-7-5-4-6-16(19)12-22/h4-11,17H,13-14H2,1-3H3. The molecule has 26 heavy (non-hydrogen) atoms. The summed E-state index contributed by atoms with van der Waals surface area (Å²) in [7, 11) is 0. The smallest absolute Gasteiger partial charge is 0.410 e. The summed E-state index contributed by atoms with van der Waals surface area (Å²) >= 11 is 0. The minimum Gasteiger partial charge on any atom is -0.456 e. The number of carbonyl (C=O) groups excluding carboxylic acids is 1. The van der Waals surface area contributed by atoms with Gasteiger partial charge in [0.05, 0.1) is 5.56 Å². The molecule has 1 aliphatic rings. The number of rotatable bonds is 3. The van der Waals surface area contributed by atoms with E-state index in [1.165, 1.54) is 0 Å². The Bertz CT molecular complexity index is 826. The van der Waals surface area contributed by atoms with E-state index in [2.05, 4.69) is 6.07 Å². The van der Waals surface area contributed by atoms with Crippen molar-refractivity contribution in [3.63, 3.8) is 0 Å². The van der Waals surface area contributed by atoms with E-state index in [0.717, 1.165) is 5.56 Å². The topological polar surface area (TPSA) is 62.6 Å². The van der Waals surface area contributed by atoms with Crippen LogP contribution in [0.5, 0.6) is 11.5 Å². The summed E-state index contributed by atoms with van der Waals surface area (Å²) in [5.41, 5.74) is 1.19. The molecule has 1 saturated heterocycles. The van der Waals surface area contributed by atoms with Crippen LogP contribution in [-0.4, -0.2) is 29.7 Å². The van der Waals surface area contributed by atoms with E-state index in [1.54, 1.807) is 17.0 Å². The zero-order valence-electron chi connectivity index (χ0n) is 15.2. The summed E-state index contributed by atoms with van der Waals surface area (Å²) < 4.78 is 11.2. The molecule has 1 heterocycles. The van der Waals surface area contributed by atoms with Crippen LogP contribution in [0.1, 0.15) is 37.8 Å². The molecule has 1 amide bonds. The molecule has 1 aliphatic heterocycles. The van der Waals surface area contributed by atoms with E-state index in [1.807, 2.05) is 57.2 Å². The van der Waals surface area contributed by atoms with Gasteiger partial charge >= 0.3 is 6.09 Å². The van der Waals surface area contributed by atoms with E-state index in [4.69, 9.17) is 14.7 Å². The van der Waals surface area contributed by atoms with Crippen LogP contribution in [0.2, 0.25) is 0 Å². The van der Waals surface area contributed by atoms with Gasteiger partial charge in [-0.1, -0.05) is 24.3 Å². The van der Waals surface area contributed by atoms with Gasteiger partial charge in [-0.3, -0.25) is 0 Å². The van der Waals surface area contributed by atoms with E-state index < -0.39 is 5.60 Å². The molecule has 0 atom stereocenters. The summed E-state index contributed by atoms with van der Waals surface area (Å²) in [6, 6.07) is 17.0. The Hall–Kier alpha value is -3.00. The first kappa shape index (κ1) is 17.8. The van der Waals surface area contributed by atoms with Gasteiger partial charge in [0.25, 0.3) is 0 Å². The molecule has 3 rings (SSSR count). The number of hydrogen-bond donors (Lipinski definition) is 0. The first-order valence-corrected chi connectivity index (χ1v) is 8.60. The molecule has 0 spiro atoms.